The molecule has 1 aromatic carbocycles. The van der Waals surface area contributed by atoms with Gasteiger partial charge in [0.15, 0.2) is 0 Å². The topological polar surface area (TPSA) is 59.0 Å². The summed E-state index contributed by atoms with van der Waals surface area (Å²) in [6.45, 7) is 5.10. The molecule has 0 bridgehead atoms. The SMILES string of the molecule is Cc1cc(N2CCN(C)CC2)ccc1NC(=O)N1CCC(F)(F)C(CO)C1. The molecule has 2 saturated heterocycles. The van der Waals surface area contributed by atoms with E-state index in [1.54, 1.807) is 0 Å². The third-order valence-corrected chi connectivity index (χ3v) is 5.58. The van der Waals surface area contributed by atoms with Crippen LogP contribution in [0.1, 0.15) is 12.0 Å². The number of piperidine rings is 1. The predicted molar refractivity (Wildman–Crippen MR) is 102 cm³/mol. The van der Waals surface area contributed by atoms with Gasteiger partial charge in [0.25, 0.3) is 5.92 Å². The molecule has 6 nitrogen and oxygen atoms in total. The Hall–Kier alpha value is -1.93. The van der Waals surface area contributed by atoms with Gasteiger partial charge in [-0.3, -0.25) is 0 Å². The molecule has 1 atom stereocenters. The normalized spacial score (nSPS) is 23.4. The number of carbonyl (C=O) groups excluding carboxylic acids is 1. The molecule has 0 spiro atoms. The zero-order valence-corrected chi connectivity index (χ0v) is 15.9. The van der Waals surface area contributed by atoms with Crippen molar-refractivity contribution in [2.45, 2.75) is 19.3 Å². The number of alkyl halides is 2. The van der Waals surface area contributed by atoms with Crippen LogP contribution in [-0.2, 0) is 0 Å². The number of halogens is 2. The second-order valence-corrected chi connectivity index (χ2v) is 7.56. The number of aliphatic hydroxyl groups excluding tert-OH is 1. The Kier molecular flexibility index (Phi) is 5.86. The molecule has 0 saturated carbocycles. The van der Waals surface area contributed by atoms with Crippen molar-refractivity contribution in [2.75, 3.05) is 63.1 Å². The molecule has 0 aliphatic carbocycles. The maximum Gasteiger partial charge on any atom is 0.321 e. The second-order valence-electron chi connectivity index (χ2n) is 7.56. The number of nitrogens with zero attached hydrogens (tertiary/aromatic N) is 3. The Labute approximate surface area is 158 Å². The summed E-state index contributed by atoms with van der Waals surface area (Å²) in [6, 6.07) is 5.49. The van der Waals surface area contributed by atoms with Crippen LogP contribution in [0.15, 0.2) is 18.2 Å². The first-order chi connectivity index (χ1) is 12.8. The number of likely N-dealkylation sites (tertiary alicyclic amines) is 1. The summed E-state index contributed by atoms with van der Waals surface area (Å²) in [4.78, 5) is 18.4. The van der Waals surface area contributed by atoms with Gasteiger partial charge in [-0.25, -0.2) is 13.6 Å². The maximum absolute atomic E-state index is 13.7. The lowest BCUT2D eigenvalue weighted by molar-refractivity contribution is -0.111. The minimum absolute atomic E-state index is 0.0201. The number of urea groups is 1. The molecular formula is C19H28F2N4O2. The molecule has 3 rings (SSSR count). The molecule has 2 aliphatic rings. The largest absolute Gasteiger partial charge is 0.396 e. The number of aryl methyl sites for hydroxylation is 1. The average molecular weight is 382 g/mol. The number of piperazine rings is 1. The number of likely N-dealkylation sites (N-methyl/N-ethyl adjacent to an activating group) is 1. The number of hydrogen-bond acceptors (Lipinski definition) is 4. The Morgan fingerprint density at radius 2 is 1.96 bits per heavy atom. The molecule has 2 heterocycles. The highest BCUT2D eigenvalue weighted by Crippen LogP contribution is 2.33. The van der Waals surface area contributed by atoms with Crippen LogP contribution in [0.25, 0.3) is 0 Å². The van der Waals surface area contributed by atoms with Crippen LogP contribution in [0.4, 0.5) is 25.0 Å². The Bertz CT molecular complexity index is 678. The highest BCUT2D eigenvalue weighted by Gasteiger charge is 2.44. The van der Waals surface area contributed by atoms with Crippen molar-refractivity contribution in [2.24, 2.45) is 5.92 Å². The third-order valence-electron chi connectivity index (χ3n) is 5.58. The predicted octanol–water partition coefficient (Wildman–Crippen LogP) is 2.23. The van der Waals surface area contributed by atoms with Gasteiger partial charge in [0.05, 0.1) is 12.5 Å². The lowest BCUT2D eigenvalue weighted by Crippen LogP contribution is -2.51. The standard InChI is InChI=1S/C19H28F2N4O2/c1-14-11-16(24-9-7-23(2)8-10-24)3-4-17(14)22-18(27)25-6-5-19(20,21)15(12-25)13-26/h3-4,11,15,26H,5-10,12-13H2,1-2H3,(H,22,27). The van der Waals surface area contributed by atoms with E-state index in [0.717, 1.165) is 37.4 Å². The molecule has 8 heteroatoms. The summed E-state index contributed by atoms with van der Waals surface area (Å²) < 4.78 is 27.4. The number of hydrogen-bond donors (Lipinski definition) is 2. The number of aliphatic hydroxyl groups is 1. The van der Waals surface area contributed by atoms with Gasteiger partial charge in [0.2, 0.25) is 0 Å². The third kappa shape index (κ3) is 4.50. The summed E-state index contributed by atoms with van der Waals surface area (Å²) in [5.41, 5.74) is 2.73. The summed E-state index contributed by atoms with van der Waals surface area (Å²) >= 11 is 0. The zero-order valence-electron chi connectivity index (χ0n) is 15.9. The molecule has 1 unspecified atom stereocenters. The number of amides is 2. The number of anilines is 2. The first-order valence-electron chi connectivity index (χ1n) is 9.39. The van der Waals surface area contributed by atoms with Gasteiger partial charge in [-0.15, -0.1) is 0 Å². The van der Waals surface area contributed by atoms with Gasteiger partial charge >= 0.3 is 6.03 Å². The first kappa shape index (κ1) is 19.8. The van der Waals surface area contributed by atoms with Gasteiger partial charge in [-0.1, -0.05) is 0 Å². The maximum atomic E-state index is 13.7. The van der Waals surface area contributed by atoms with Crippen molar-refractivity contribution < 1.29 is 18.7 Å². The van der Waals surface area contributed by atoms with Crippen LogP contribution in [0.5, 0.6) is 0 Å². The fourth-order valence-electron chi connectivity index (χ4n) is 3.60. The van der Waals surface area contributed by atoms with Gasteiger partial charge in [-0.2, -0.15) is 0 Å². The van der Waals surface area contributed by atoms with Gasteiger partial charge in [0.1, 0.15) is 0 Å². The zero-order chi connectivity index (χ0) is 19.6. The number of benzene rings is 1. The molecule has 2 fully saturated rings. The number of rotatable bonds is 3. The van der Waals surface area contributed by atoms with Crippen molar-refractivity contribution in [3.8, 4) is 0 Å². The average Bonchev–Trinajstić information content (AvgIpc) is 2.63. The van der Waals surface area contributed by atoms with E-state index in [9.17, 15) is 18.7 Å². The fourth-order valence-corrected chi connectivity index (χ4v) is 3.60. The number of carbonyl (C=O) groups is 1. The molecule has 2 N–H and O–H groups in total. The smallest absolute Gasteiger partial charge is 0.321 e. The van der Waals surface area contributed by atoms with Gasteiger partial charge < -0.3 is 25.1 Å². The van der Waals surface area contributed by atoms with Crippen molar-refractivity contribution in [1.82, 2.24) is 9.80 Å². The molecule has 27 heavy (non-hydrogen) atoms. The van der Waals surface area contributed by atoms with Crippen LogP contribution in [0.3, 0.4) is 0 Å². The summed E-state index contributed by atoms with van der Waals surface area (Å²) in [7, 11) is 2.11. The summed E-state index contributed by atoms with van der Waals surface area (Å²) in [5, 5.41) is 12.0. The molecular weight excluding hydrogens is 354 g/mol. The van der Waals surface area contributed by atoms with Crippen molar-refractivity contribution in [3.63, 3.8) is 0 Å². The molecule has 150 valence electrons. The van der Waals surface area contributed by atoms with Crippen LogP contribution >= 0.6 is 0 Å². The molecule has 2 amide bonds. The molecule has 0 radical (unpaired) electrons. The van der Waals surface area contributed by atoms with Crippen LogP contribution in [-0.4, -0.2) is 79.8 Å². The summed E-state index contributed by atoms with van der Waals surface area (Å²) in [6.07, 6.45) is -0.424. The van der Waals surface area contributed by atoms with Crippen molar-refractivity contribution in [3.05, 3.63) is 23.8 Å². The fraction of sp³-hybridized carbons (Fsp3) is 0.632. The molecule has 2 aliphatic heterocycles. The molecule has 0 aromatic heterocycles. The summed E-state index contributed by atoms with van der Waals surface area (Å²) in [5.74, 6) is -4.14. The van der Waals surface area contributed by atoms with E-state index in [-0.39, 0.29) is 13.1 Å². The van der Waals surface area contributed by atoms with E-state index >= 15 is 0 Å². The Morgan fingerprint density at radius 1 is 1.26 bits per heavy atom. The van der Waals surface area contributed by atoms with Gasteiger partial charge in [0, 0.05) is 57.1 Å². The van der Waals surface area contributed by atoms with E-state index in [4.69, 9.17) is 0 Å². The highest BCUT2D eigenvalue weighted by atomic mass is 19.3. The van der Waals surface area contributed by atoms with E-state index in [2.05, 4.69) is 22.2 Å². The van der Waals surface area contributed by atoms with E-state index in [0.29, 0.717) is 5.69 Å². The van der Waals surface area contributed by atoms with Crippen LogP contribution in [0, 0.1) is 12.8 Å². The minimum Gasteiger partial charge on any atom is -0.396 e. The number of nitrogens with one attached hydrogen (secondary N) is 1. The Morgan fingerprint density at radius 3 is 2.59 bits per heavy atom. The van der Waals surface area contributed by atoms with E-state index in [1.165, 1.54) is 4.90 Å². The Balaban J connectivity index is 1.63. The van der Waals surface area contributed by atoms with Crippen molar-refractivity contribution >= 4 is 17.4 Å². The van der Waals surface area contributed by atoms with E-state index in [1.807, 2.05) is 25.1 Å². The van der Waals surface area contributed by atoms with Gasteiger partial charge in [-0.05, 0) is 37.7 Å². The van der Waals surface area contributed by atoms with Crippen LogP contribution in [0.2, 0.25) is 0 Å². The van der Waals surface area contributed by atoms with E-state index < -0.39 is 30.9 Å². The molecule has 1 aromatic rings. The monoisotopic (exact) mass is 382 g/mol. The lowest BCUT2D eigenvalue weighted by atomic mass is 9.94. The minimum atomic E-state index is -2.92. The lowest BCUT2D eigenvalue weighted by Gasteiger charge is -2.37. The first-order valence-corrected chi connectivity index (χ1v) is 9.39. The van der Waals surface area contributed by atoms with Crippen molar-refractivity contribution in [1.29, 1.82) is 0 Å². The quantitative estimate of drug-likeness (QED) is 0.842. The second kappa shape index (κ2) is 7.98. The van der Waals surface area contributed by atoms with Crippen LogP contribution < -0.4 is 10.2 Å². The highest BCUT2D eigenvalue weighted by molar-refractivity contribution is 5.90.